The second kappa shape index (κ2) is 13.2. The average molecular weight is 339 g/mol. The van der Waals surface area contributed by atoms with Gasteiger partial charge in [0.1, 0.15) is 5.82 Å². The molecule has 0 saturated heterocycles. The zero-order valence-electron chi connectivity index (χ0n) is 15.5. The fourth-order valence-corrected chi connectivity index (χ4v) is 2.70. The van der Waals surface area contributed by atoms with Gasteiger partial charge < -0.3 is 0 Å². The summed E-state index contributed by atoms with van der Waals surface area (Å²) < 4.78 is 12.5. The Morgan fingerprint density at radius 3 is 1.92 bits per heavy atom. The van der Waals surface area contributed by atoms with Crippen molar-refractivity contribution in [1.82, 2.24) is 0 Å². The maximum absolute atomic E-state index is 12.5. The van der Waals surface area contributed by atoms with Gasteiger partial charge in [0.05, 0.1) is 0 Å². The Hall–Kier alpha value is -2.15. The molecule has 0 N–H and O–H groups in total. The van der Waals surface area contributed by atoms with Gasteiger partial charge in [0.25, 0.3) is 0 Å². The van der Waals surface area contributed by atoms with E-state index >= 15 is 0 Å². The number of rotatable bonds is 9. The van der Waals surface area contributed by atoms with Crippen LogP contribution in [0.25, 0.3) is 12.2 Å². The van der Waals surface area contributed by atoms with Crippen LogP contribution in [0.1, 0.15) is 62.1 Å². The van der Waals surface area contributed by atoms with Crippen LogP contribution < -0.4 is 0 Å². The molecule has 0 saturated carbocycles. The van der Waals surface area contributed by atoms with Crippen molar-refractivity contribution in [2.24, 2.45) is 0 Å². The molecule has 2 aromatic carbocycles. The summed E-state index contributed by atoms with van der Waals surface area (Å²) in [5.41, 5.74) is 3.31. The molecule has 0 nitrogen and oxygen atoms in total. The van der Waals surface area contributed by atoms with E-state index in [9.17, 15) is 4.39 Å². The molecule has 0 unspecified atom stereocenters. The van der Waals surface area contributed by atoms with E-state index in [0.717, 1.165) is 0 Å². The number of hydrogen-bond donors (Lipinski definition) is 0. The predicted octanol–water partition coefficient (Wildman–Crippen LogP) is 7.70. The van der Waals surface area contributed by atoms with Crippen LogP contribution in [0.2, 0.25) is 0 Å². The largest absolute Gasteiger partial charge is 0.206 e. The molecule has 0 aliphatic carbocycles. The zero-order chi connectivity index (χ0) is 18.3. The smallest absolute Gasteiger partial charge is 0.130 e. The van der Waals surface area contributed by atoms with Crippen LogP contribution in [0.3, 0.4) is 0 Å². The third-order valence-corrected chi connectivity index (χ3v) is 4.20. The van der Waals surface area contributed by atoms with Crippen molar-refractivity contribution in [3.05, 3.63) is 84.2 Å². The van der Waals surface area contributed by atoms with Crippen LogP contribution in [-0.2, 0) is 6.42 Å². The van der Waals surface area contributed by atoms with Gasteiger partial charge in [0.2, 0.25) is 0 Å². The van der Waals surface area contributed by atoms with Crippen LogP contribution in [0.15, 0.2) is 61.7 Å². The third-order valence-electron chi connectivity index (χ3n) is 4.20. The SMILES string of the molecule is C=Cc1ccccc1CCCCCCCC.C=Cc1ccccc1F. The van der Waals surface area contributed by atoms with Crippen molar-refractivity contribution in [3.63, 3.8) is 0 Å². The fourth-order valence-electron chi connectivity index (χ4n) is 2.70. The first-order chi connectivity index (χ1) is 12.2. The van der Waals surface area contributed by atoms with Gasteiger partial charge in [0, 0.05) is 5.56 Å². The van der Waals surface area contributed by atoms with E-state index < -0.39 is 0 Å². The average Bonchev–Trinajstić information content (AvgIpc) is 2.66. The van der Waals surface area contributed by atoms with Gasteiger partial charge in [-0.25, -0.2) is 4.39 Å². The first-order valence-corrected chi connectivity index (χ1v) is 9.30. The van der Waals surface area contributed by atoms with E-state index in [1.807, 2.05) is 6.08 Å². The summed E-state index contributed by atoms with van der Waals surface area (Å²) in [5, 5.41) is 0. The van der Waals surface area contributed by atoms with Crippen molar-refractivity contribution in [2.75, 3.05) is 0 Å². The highest BCUT2D eigenvalue weighted by atomic mass is 19.1. The molecule has 0 spiro atoms. The van der Waals surface area contributed by atoms with E-state index in [0.29, 0.717) is 5.56 Å². The highest BCUT2D eigenvalue weighted by Gasteiger charge is 1.98. The molecule has 0 atom stereocenters. The van der Waals surface area contributed by atoms with Crippen molar-refractivity contribution < 1.29 is 4.39 Å². The lowest BCUT2D eigenvalue weighted by atomic mass is 10.0. The zero-order valence-corrected chi connectivity index (χ0v) is 15.5. The number of halogens is 1. The molecule has 2 aromatic rings. The van der Waals surface area contributed by atoms with Crippen LogP contribution in [-0.4, -0.2) is 0 Å². The fraction of sp³-hybridized carbons (Fsp3) is 0.333. The predicted molar refractivity (Wildman–Crippen MR) is 110 cm³/mol. The van der Waals surface area contributed by atoms with E-state index in [4.69, 9.17) is 0 Å². The number of aryl methyl sites for hydroxylation is 1. The second-order valence-electron chi connectivity index (χ2n) is 6.15. The van der Waals surface area contributed by atoms with Crippen LogP contribution in [0.4, 0.5) is 4.39 Å². The summed E-state index contributed by atoms with van der Waals surface area (Å²) in [5.74, 6) is -0.215. The van der Waals surface area contributed by atoms with Crippen LogP contribution in [0.5, 0.6) is 0 Å². The standard InChI is InChI=1S/C16H24.C8H7F/c1-3-5-6-7-8-9-13-16-14-11-10-12-15(16)4-2;1-2-7-5-3-4-6-8(7)9/h4,10-12,14H,2-3,5-9,13H2,1H3;2-6H,1H2. The Balaban J connectivity index is 0.000000293. The van der Waals surface area contributed by atoms with E-state index in [2.05, 4.69) is 44.3 Å². The normalized spacial score (nSPS) is 9.84. The molecular formula is C24H31F. The number of unbranched alkanes of at least 4 members (excludes halogenated alkanes) is 5. The van der Waals surface area contributed by atoms with E-state index in [1.165, 1.54) is 68.2 Å². The van der Waals surface area contributed by atoms with Gasteiger partial charge in [-0.3, -0.25) is 0 Å². The van der Waals surface area contributed by atoms with Crippen LogP contribution >= 0.6 is 0 Å². The first-order valence-electron chi connectivity index (χ1n) is 9.30. The van der Waals surface area contributed by atoms with Gasteiger partial charge in [-0.2, -0.15) is 0 Å². The van der Waals surface area contributed by atoms with E-state index in [-0.39, 0.29) is 5.82 Å². The van der Waals surface area contributed by atoms with Crippen molar-refractivity contribution >= 4 is 12.2 Å². The van der Waals surface area contributed by atoms with Gasteiger partial charge in [-0.05, 0) is 30.0 Å². The van der Waals surface area contributed by atoms with Crippen molar-refractivity contribution in [2.45, 2.75) is 51.9 Å². The molecule has 0 fully saturated rings. The third kappa shape index (κ3) is 8.49. The molecule has 134 valence electrons. The molecule has 0 amide bonds. The molecule has 0 aliphatic heterocycles. The maximum atomic E-state index is 12.5. The molecular weight excluding hydrogens is 307 g/mol. The Labute approximate surface area is 153 Å². The minimum Gasteiger partial charge on any atom is -0.206 e. The maximum Gasteiger partial charge on any atom is 0.130 e. The number of hydrogen-bond acceptors (Lipinski definition) is 0. The lowest BCUT2D eigenvalue weighted by molar-refractivity contribution is 0.607. The molecule has 25 heavy (non-hydrogen) atoms. The highest BCUT2D eigenvalue weighted by Crippen LogP contribution is 2.14. The van der Waals surface area contributed by atoms with E-state index in [1.54, 1.807) is 18.2 Å². The Morgan fingerprint density at radius 2 is 1.32 bits per heavy atom. The van der Waals surface area contributed by atoms with Gasteiger partial charge in [0.15, 0.2) is 0 Å². The van der Waals surface area contributed by atoms with Crippen molar-refractivity contribution in [3.8, 4) is 0 Å². The molecule has 0 bridgehead atoms. The molecule has 1 heteroatoms. The summed E-state index contributed by atoms with van der Waals surface area (Å²) in [4.78, 5) is 0. The minimum atomic E-state index is -0.215. The minimum absolute atomic E-state index is 0.215. The van der Waals surface area contributed by atoms with Crippen molar-refractivity contribution in [1.29, 1.82) is 0 Å². The monoisotopic (exact) mass is 338 g/mol. The summed E-state index contributed by atoms with van der Waals surface area (Å²) in [6.07, 6.45) is 12.9. The topological polar surface area (TPSA) is 0 Å². The summed E-state index contributed by atoms with van der Waals surface area (Å²) in [7, 11) is 0. The summed E-state index contributed by atoms with van der Waals surface area (Å²) in [6.45, 7) is 9.58. The Bertz CT molecular complexity index is 627. The lowest BCUT2D eigenvalue weighted by Gasteiger charge is -2.05. The first kappa shape index (κ1) is 20.9. The quantitative estimate of drug-likeness (QED) is 0.411. The highest BCUT2D eigenvalue weighted by molar-refractivity contribution is 5.51. The summed E-state index contributed by atoms with van der Waals surface area (Å²) in [6, 6.07) is 15.1. The Kier molecular flexibility index (Phi) is 11.0. The van der Waals surface area contributed by atoms with Gasteiger partial charge in [-0.1, -0.05) is 107 Å². The van der Waals surface area contributed by atoms with Gasteiger partial charge >= 0.3 is 0 Å². The lowest BCUT2D eigenvalue weighted by Crippen LogP contribution is -1.89. The second-order valence-corrected chi connectivity index (χ2v) is 6.15. The molecule has 0 heterocycles. The molecule has 0 aromatic heterocycles. The number of benzene rings is 2. The van der Waals surface area contributed by atoms with Gasteiger partial charge in [-0.15, -0.1) is 0 Å². The Morgan fingerprint density at radius 1 is 0.760 bits per heavy atom. The molecule has 0 aliphatic rings. The molecule has 2 rings (SSSR count). The summed E-state index contributed by atoms with van der Waals surface area (Å²) >= 11 is 0. The molecule has 0 radical (unpaired) electrons. The van der Waals surface area contributed by atoms with Crippen LogP contribution in [0, 0.1) is 5.82 Å².